The quantitative estimate of drug-likeness (QED) is 0.779. The van der Waals surface area contributed by atoms with E-state index < -0.39 is 24.1 Å². The maximum Gasteiger partial charge on any atom is 0.347 e. The van der Waals surface area contributed by atoms with Crippen molar-refractivity contribution in [1.82, 2.24) is 0 Å². The first kappa shape index (κ1) is 19.4. The lowest BCUT2D eigenvalue weighted by molar-refractivity contribution is -0.159. The summed E-state index contributed by atoms with van der Waals surface area (Å²) >= 11 is 0. The summed E-state index contributed by atoms with van der Waals surface area (Å²) in [5.74, 6) is -0.587. The predicted molar refractivity (Wildman–Crippen MR) is 104 cm³/mol. The highest BCUT2D eigenvalue weighted by Gasteiger charge is 2.23. The number of esters is 1. The Bertz CT molecular complexity index is 915. The van der Waals surface area contributed by atoms with Gasteiger partial charge in [0.15, 0.2) is 12.2 Å². The summed E-state index contributed by atoms with van der Waals surface area (Å²) in [4.78, 5) is 24.6. The van der Waals surface area contributed by atoms with Gasteiger partial charge in [0.2, 0.25) is 0 Å². The highest BCUT2D eigenvalue weighted by molar-refractivity contribution is 5.95. The van der Waals surface area contributed by atoms with Gasteiger partial charge in [-0.15, -0.1) is 0 Å². The summed E-state index contributed by atoms with van der Waals surface area (Å²) in [6, 6.07) is 14.3. The Kier molecular flexibility index (Phi) is 5.95. The third-order valence-electron chi connectivity index (χ3n) is 4.66. The molecule has 2 aromatic rings. The Hall–Kier alpha value is -3.33. The van der Waals surface area contributed by atoms with Crippen molar-refractivity contribution in [2.45, 2.75) is 45.3 Å². The molecule has 0 fully saturated rings. The number of nitrogens with one attached hydrogen (secondary N) is 1. The van der Waals surface area contributed by atoms with E-state index in [1.54, 1.807) is 31.2 Å². The molecule has 28 heavy (non-hydrogen) atoms. The lowest BCUT2D eigenvalue weighted by Crippen LogP contribution is -2.35. The molecule has 0 aromatic heterocycles. The minimum atomic E-state index is -0.951. The van der Waals surface area contributed by atoms with Crippen LogP contribution < -0.4 is 10.1 Å². The SMILES string of the molecule is C[C@H](Oc1ccc(C#N)cc1)C(=O)O[C@H](C)C(=O)Nc1ccc2c(c1)CCC2. The zero-order chi connectivity index (χ0) is 20.1. The Morgan fingerprint density at radius 3 is 2.46 bits per heavy atom. The molecule has 6 nitrogen and oxygen atoms in total. The number of ether oxygens (including phenoxy) is 2. The topological polar surface area (TPSA) is 88.4 Å². The molecule has 0 saturated carbocycles. The van der Waals surface area contributed by atoms with Crippen molar-refractivity contribution in [3.05, 3.63) is 59.2 Å². The molecule has 0 unspecified atom stereocenters. The van der Waals surface area contributed by atoms with Crippen LogP contribution in [-0.4, -0.2) is 24.1 Å². The second kappa shape index (κ2) is 8.57. The minimum absolute atomic E-state index is 0.392. The molecular weight excluding hydrogens is 356 g/mol. The number of nitriles is 1. The average Bonchev–Trinajstić information content (AvgIpc) is 3.16. The fourth-order valence-corrected chi connectivity index (χ4v) is 3.08. The van der Waals surface area contributed by atoms with Crippen molar-refractivity contribution in [3.63, 3.8) is 0 Å². The Balaban J connectivity index is 1.52. The number of fused-ring (bicyclic) bond motifs is 1. The van der Waals surface area contributed by atoms with E-state index in [0.717, 1.165) is 19.3 Å². The van der Waals surface area contributed by atoms with Crippen molar-refractivity contribution >= 4 is 17.6 Å². The van der Waals surface area contributed by atoms with Crippen LogP contribution in [0.4, 0.5) is 5.69 Å². The molecule has 0 saturated heterocycles. The standard InChI is InChI=1S/C22H22N2O4/c1-14(21(25)24-19-9-8-17-4-3-5-18(17)12-19)28-22(26)15(2)27-20-10-6-16(13-23)7-11-20/h6-12,14-15H,3-5H2,1-2H3,(H,24,25)/t14-,15+/m1/s1. The summed E-state index contributed by atoms with van der Waals surface area (Å²) < 4.78 is 10.7. The van der Waals surface area contributed by atoms with Gasteiger partial charge < -0.3 is 14.8 Å². The second-order valence-electron chi connectivity index (χ2n) is 6.80. The minimum Gasteiger partial charge on any atom is -0.479 e. The van der Waals surface area contributed by atoms with E-state index in [1.165, 1.54) is 18.1 Å². The normalized spacial score (nSPS) is 14.3. The van der Waals surface area contributed by atoms with E-state index in [4.69, 9.17) is 14.7 Å². The van der Waals surface area contributed by atoms with Crippen LogP contribution in [0.1, 0.15) is 37.0 Å². The summed E-state index contributed by atoms with van der Waals surface area (Å²) in [6.45, 7) is 3.07. The van der Waals surface area contributed by atoms with Crippen LogP contribution in [0.15, 0.2) is 42.5 Å². The second-order valence-corrected chi connectivity index (χ2v) is 6.80. The largest absolute Gasteiger partial charge is 0.479 e. The third kappa shape index (κ3) is 4.68. The maximum atomic E-state index is 12.3. The number of carbonyl (C=O) groups excluding carboxylic acids is 2. The number of hydrogen-bond donors (Lipinski definition) is 1. The number of benzene rings is 2. The summed E-state index contributed by atoms with van der Waals surface area (Å²) in [5.41, 5.74) is 3.79. The molecule has 0 aliphatic heterocycles. The van der Waals surface area contributed by atoms with Crippen LogP contribution in [0.5, 0.6) is 5.75 Å². The molecule has 6 heteroatoms. The smallest absolute Gasteiger partial charge is 0.347 e. The van der Waals surface area contributed by atoms with Crippen LogP contribution in [0.3, 0.4) is 0 Å². The molecule has 0 radical (unpaired) electrons. The summed E-state index contributed by atoms with van der Waals surface area (Å²) in [6.07, 6.45) is 1.40. The van der Waals surface area contributed by atoms with Gasteiger partial charge in [-0.2, -0.15) is 5.26 Å². The number of carbonyl (C=O) groups is 2. The van der Waals surface area contributed by atoms with Gasteiger partial charge >= 0.3 is 5.97 Å². The van der Waals surface area contributed by atoms with Crippen LogP contribution in [-0.2, 0) is 27.2 Å². The molecule has 0 spiro atoms. The van der Waals surface area contributed by atoms with Crippen molar-refractivity contribution in [1.29, 1.82) is 5.26 Å². The van der Waals surface area contributed by atoms with Gasteiger partial charge in [0.1, 0.15) is 5.75 Å². The number of hydrogen-bond acceptors (Lipinski definition) is 5. The fourth-order valence-electron chi connectivity index (χ4n) is 3.08. The highest BCUT2D eigenvalue weighted by atomic mass is 16.6. The molecule has 144 valence electrons. The molecule has 0 heterocycles. The van der Waals surface area contributed by atoms with Crippen molar-refractivity contribution in [2.24, 2.45) is 0 Å². The number of anilines is 1. The summed E-state index contributed by atoms with van der Waals surface area (Å²) in [7, 11) is 0. The van der Waals surface area contributed by atoms with E-state index in [-0.39, 0.29) is 0 Å². The molecule has 2 aromatic carbocycles. The molecule has 1 amide bonds. The van der Waals surface area contributed by atoms with E-state index in [2.05, 4.69) is 5.32 Å². The van der Waals surface area contributed by atoms with Gasteiger partial charge in [0.25, 0.3) is 5.91 Å². The zero-order valence-electron chi connectivity index (χ0n) is 15.9. The van der Waals surface area contributed by atoms with Crippen LogP contribution in [0, 0.1) is 11.3 Å². The fraction of sp³-hybridized carbons (Fsp3) is 0.318. The molecule has 0 bridgehead atoms. The Morgan fingerprint density at radius 2 is 1.75 bits per heavy atom. The zero-order valence-corrected chi connectivity index (χ0v) is 15.9. The van der Waals surface area contributed by atoms with Gasteiger partial charge in [0.05, 0.1) is 11.6 Å². The Morgan fingerprint density at radius 1 is 1.04 bits per heavy atom. The molecule has 1 N–H and O–H groups in total. The first-order valence-corrected chi connectivity index (χ1v) is 9.26. The van der Waals surface area contributed by atoms with Gasteiger partial charge in [-0.05, 0) is 80.6 Å². The predicted octanol–water partition coefficient (Wildman–Crippen LogP) is 3.38. The molecule has 1 aliphatic rings. The number of rotatable bonds is 6. The van der Waals surface area contributed by atoms with Crippen molar-refractivity contribution in [2.75, 3.05) is 5.32 Å². The third-order valence-corrected chi connectivity index (χ3v) is 4.66. The van der Waals surface area contributed by atoms with Crippen LogP contribution in [0.2, 0.25) is 0 Å². The van der Waals surface area contributed by atoms with Crippen LogP contribution >= 0.6 is 0 Å². The van der Waals surface area contributed by atoms with Gasteiger partial charge in [-0.25, -0.2) is 4.79 Å². The first-order valence-electron chi connectivity index (χ1n) is 9.26. The van der Waals surface area contributed by atoms with E-state index in [1.807, 2.05) is 24.3 Å². The van der Waals surface area contributed by atoms with Gasteiger partial charge in [0, 0.05) is 5.69 Å². The Labute approximate surface area is 164 Å². The highest BCUT2D eigenvalue weighted by Crippen LogP contribution is 2.25. The van der Waals surface area contributed by atoms with Crippen LogP contribution in [0.25, 0.3) is 0 Å². The molecule has 3 rings (SSSR count). The first-order chi connectivity index (χ1) is 13.5. The van der Waals surface area contributed by atoms with E-state index in [0.29, 0.717) is 17.0 Å². The van der Waals surface area contributed by atoms with E-state index in [9.17, 15) is 9.59 Å². The monoisotopic (exact) mass is 378 g/mol. The number of nitrogens with zero attached hydrogens (tertiary/aromatic N) is 1. The molecule has 1 aliphatic carbocycles. The summed E-state index contributed by atoms with van der Waals surface area (Å²) in [5, 5.41) is 11.6. The van der Waals surface area contributed by atoms with Crippen molar-refractivity contribution < 1.29 is 19.1 Å². The average molecular weight is 378 g/mol. The lowest BCUT2D eigenvalue weighted by Gasteiger charge is -2.18. The molecule has 2 atom stereocenters. The van der Waals surface area contributed by atoms with E-state index >= 15 is 0 Å². The lowest BCUT2D eigenvalue weighted by atomic mass is 10.1. The van der Waals surface area contributed by atoms with Gasteiger partial charge in [-0.1, -0.05) is 6.07 Å². The number of amides is 1. The van der Waals surface area contributed by atoms with Gasteiger partial charge in [-0.3, -0.25) is 4.79 Å². The van der Waals surface area contributed by atoms with Crippen molar-refractivity contribution in [3.8, 4) is 11.8 Å². The maximum absolute atomic E-state index is 12.3. The number of aryl methyl sites for hydroxylation is 2. The molecular formula is C22H22N2O4.